The van der Waals surface area contributed by atoms with Gasteiger partial charge in [0.1, 0.15) is 17.8 Å². The normalized spacial score (nSPS) is 19.2. The first kappa shape index (κ1) is 25.3. The Kier molecular flexibility index (Phi) is 7.25. The number of nitrogens with two attached hydrogens (primary N) is 1. The highest BCUT2D eigenvalue weighted by Gasteiger charge is 2.29. The smallest absolute Gasteiger partial charge is 0.246 e. The van der Waals surface area contributed by atoms with Crippen molar-refractivity contribution in [1.29, 1.82) is 0 Å². The zero-order chi connectivity index (χ0) is 26.0. The Balaban J connectivity index is 1.39. The SMILES string of the molecule is C=CC(=O)N1CCCC(n2nc(-c3ccc(CNS(=O)(=O)C4CCCCC4)cc3)c3c(N)ncnc32)C1. The predicted molar refractivity (Wildman–Crippen MR) is 143 cm³/mol. The van der Waals surface area contributed by atoms with Crippen molar-refractivity contribution < 1.29 is 13.2 Å². The summed E-state index contributed by atoms with van der Waals surface area (Å²) in [5.41, 5.74) is 9.26. The van der Waals surface area contributed by atoms with E-state index in [1.165, 1.54) is 12.4 Å². The maximum atomic E-state index is 12.7. The number of piperidine rings is 1. The van der Waals surface area contributed by atoms with Crippen molar-refractivity contribution >= 4 is 32.8 Å². The van der Waals surface area contributed by atoms with Gasteiger partial charge in [-0.1, -0.05) is 50.1 Å². The van der Waals surface area contributed by atoms with Crippen LogP contribution in [-0.2, 0) is 21.4 Å². The number of carbonyl (C=O) groups is 1. The fraction of sp³-hybridized carbons (Fsp3) is 0.462. The Morgan fingerprint density at radius 3 is 2.59 bits per heavy atom. The van der Waals surface area contributed by atoms with Crippen LogP contribution >= 0.6 is 0 Å². The van der Waals surface area contributed by atoms with Gasteiger partial charge in [0.25, 0.3) is 0 Å². The molecule has 1 amide bonds. The molecule has 3 N–H and O–H groups in total. The van der Waals surface area contributed by atoms with Crippen molar-refractivity contribution in [2.45, 2.75) is 62.8 Å². The molecular weight excluding hydrogens is 490 g/mol. The second kappa shape index (κ2) is 10.6. The minimum absolute atomic E-state index is 0.0448. The summed E-state index contributed by atoms with van der Waals surface area (Å²) in [5, 5.41) is 5.27. The lowest BCUT2D eigenvalue weighted by molar-refractivity contribution is -0.127. The van der Waals surface area contributed by atoms with Crippen LogP contribution in [0.3, 0.4) is 0 Å². The molecule has 1 aromatic carbocycles. The first-order chi connectivity index (χ1) is 17.9. The minimum atomic E-state index is -3.33. The number of nitrogen functional groups attached to an aromatic ring is 1. The molecule has 1 unspecified atom stereocenters. The molecule has 0 spiro atoms. The molecule has 3 heterocycles. The molecule has 0 bridgehead atoms. The number of aromatic nitrogens is 4. The number of fused-ring (bicyclic) bond motifs is 1. The van der Waals surface area contributed by atoms with Crippen LogP contribution in [0.5, 0.6) is 0 Å². The average Bonchev–Trinajstić information content (AvgIpc) is 3.33. The highest BCUT2D eigenvalue weighted by atomic mass is 32.2. The number of likely N-dealkylation sites (tertiary alicyclic amines) is 1. The van der Waals surface area contributed by atoms with Gasteiger partial charge in [-0.3, -0.25) is 4.79 Å². The Morgan fingerprint density at radius 2 is 1.86 bits per heavy atom. The van der Waals surface area contributed by atoms with Crippen LogP contribution in [0.1, 0.15) is 56.6 Å². The lowest BCUT2D eigenvalue weighted by atomic mass is 10.0. The van der Waals surface area contributed by atoms with E-state index in [2.05, 4.69) is 21.3 Å². The lowest BCUT2D eigenvalue weighted by Gasteiger charge is -2.32. The van der Waals surface area contributed by atoms with Crippen LogP contribution in [0.4, 0.5) is 5.82 Å². The first-order valence-electron chi connectivity index (χ1n) is 12.8. The molecule has 2 fully saturated rings. The van der Waals surface area contributed by atoms with E-state index >= 15 is 0 Å². The Labute approximate surface area is 217 Å². The van der Waals surface area contributed by atoms with Gasteiger partial charge in [-0.25, -0.2) is 27.8 Å². The van der Waals surface area contributed by atoms with E-state index in [0.29, 0.717) is 35.6 Å². The molecule has 1 aliphatic carbocycles. The molecule has 5 rings (SSSR count). The van der Waals surface area contributed by atoms with Gasteiger partial charge in [-0.2, -0.15) is 5.10 Å². The Hall–Kier alpha value is -3.31. The number of nitrogens with one attached hydrogen (secondary N) is 1. The van der Waals surface area contributed by atoms with Crippen molar-refractivity contribution in [3.05, 3.63) is 48.8 Å². The third-order valence-electron chi connectivity index (χ3n) is 7.44. The third kappa shape index (κ3) is 5.24. The molecule has 0 radical (unpaired) electrons. The molecule has 196 valence electrons. The van der Waals surface area contributed by atoms with Crippen LogP contribution in [0.2, 0.25) is 0 Å². The first-order valence-corrected chi connectivity index (χ1v) is 14.4. The molecule has 2 aliphatic rings. The largest absolute Gasteiger partial charge is 0.383 e. The standard InChI is InChI=1S/C26H33N7O3S/c1-2-22(34)32-14-6-7-20(16-32)33-26-23(25(27)28-17-29-26)24(31-33)19-12-10-18(11-13-19)15-30-37(35,36)21-8-4-3-5-9-21/h2,10-13,17,20-21,30H,1,3-9,14-16H2,(H2,27,28,29). The van der Waals surface area contributed by atoms with E-state index < -0.39 is 10.0 Å². The summed E-state index contributed by atoms with van der Waals surface area (Å²) in [6.45, 7) is 5.06. The summed E-state index contributed by atoms with van der Waals surface area (Å²) >= 11 is 0. The van der Waals surface area contributed by atoms with Gasteiger partial charge in [0.2, 0.25) is 15.9 Å². The second-order valence-corrected chi connectivity index (χ2v) is 11.9. The van der Waals surface area contributed by atoms with Crippen molar-refractivity contribution in [3.63, 3.8) is 0 Å². The molecular formula is C26H33N7O3S. The van der Waals surface area contributed by atoms with Crippen molar-refractivity contribution in [2.75, 3.05) is 18.8 Å². The number of benzene rings is 1. The maximum absolute atomic E-state index is 12.7. The number of hydrogen-bond donors (Lipinski definition) is 2. The highest BCUT2D eigenvalue weighted by molar-refractivity contribution is 7.90. The lowest BCUT2D eigenvalue weighted by Crippen LogP contribution is -2.40. The van der Waals surface area contributed by atoms with Gasteiger partial charge in [-0.05, 0) is 37.3 Å². The van der Waals surface area contributed by atoms with E-state index in [4.69, 9.17) is 10.8 Å². The molecule has 1 atom stereocenters. The van der Waals surface area contributed by atoms with E-state index in [9.17, 15) is 13.2 Å². The van der Waals surface area contributed by atoms with Crippen LogP contribution in [-0.4, -0.2) is 57.3 Å². The topological polar surface area (TPSA) is 136 Å². The number of hydrogen-bond acceptors (Lipinski definition) is 7. The predicted octanol–water partition coefficient (Wildman–Crippen LogP) is 3.18. The van der Waals surface area contributed by atoms with Gasteiger partial charge in [-0.15, -0.1) is 0 Å². The van der Waals surface area contributed by atoms with Crippen molar-refractivity contribution in [2.24, 2.45) is 0 Å². The molecule has 1 saturated heterocycles. The van der Waals surface area contributed by atoms with Gasteiger partial charge in [0.15, 0.2) is 5.65 Å². The number of sulfonamides is 1. The second-order valence-electron chi connectivity index (χ2n) is 9.86. The fourth-order valence-electron chi connectivity index (χ4n) is 5.39. The quantitative estimate of drug-likeness (QED) is 0.454. The van der Waals surface area contributed by atoms with Crippen LogP contribution in [0, 0.1) is 0 Å². The number of rotatable bonds is 7. The highest BCUT2D eigenvalue weighted by Crippen LogP contribution is 2.34. The zero-order valence-electron chi connectivity index (χ0n) is 20.8. The fourth-order valence-corrected chi connectivity index (χ4v) is 6.95. The van der Waals surface area contributed by atoms with E-state index in [1.807, 2.05) is 28.9 Å². The van der Waals surface area contributed by atoms with Crippen LogP contribution < -0.4 is 10.5 Å². The van der Waals surface area contributed by atoms with E-state index in [0.717, 1.165) is 56.1 Å². The van der Waals surface area contributed by atoms with Gasteiger partial charge in [0.05, 0.1) is 16.7 Å². The molecule has 3 aromatic rings. The minimum Gasteiger partial charge on any atom is -0.383 e. The summed E-state index contributed by atoms with van der Waals surface area (Å²) in [5.74, 6) is 0.246. The zero-order valence-corrected chi connectivity index (χ0v) is 21.7. The molecule has 1 saturated carbocycles. The van der Waals surface area contributed by atoms with E-state index in [-0.39, 0.29) is 23.7 Å². The van der Waals surface area contributed by atoms with Crippen molar-refractivity contribution in [1.82, 2.24) is 29.4 Å². The van der Waals surface area contributed by atoms with Gasteiger partial charge >= 0.3 is 0 Å². The number of carbonyl (C=O) groups excluding carboxylic acids is 1. The number of nitrogens with zero attached hydrogens (tertiary/aromatic N) is 5. The monoisotopic (exact) mass is 523 g/mol. The summed E-state index contributed by atoms with van der Waals surface area (Å²) in [4.78, 5) is 22.7. The summed E-state index contributed by atoms with van der Waals surface area (Å²) in [7, 11) is -3.33. The molecule has 1 aliphatic heterocycles. The Bertz CT molecular complexity index is 1400. The summed E-state index contributed by atoms with van der Waals surface area (Å²) in [6, 6.07) is 7.58. The Morgan fingerprint density at radius 1 is 1.11 bits per heavy atom. The van der Waals surface area contributed by atoms with E-state index in [1.54, 1.807) is 4.90 Å². The van der Waals surface area contributed by atoms with Gasteiger partial charge < -0.3 is 10.6 Å². The molecule has 2 aromatic heterocycles. The third-order valence-corrected chi connectivity index (χ3v) is 9.34. The average molecular weight is 524 g/mol. The van der Waals surface area contributed by atoms with Crippen LogP contribution in [0.25, 0.3) is 22.3 Å². The molecule has 11 heteroatoms. The number of anilines is 1. The molecule has 10 nitrogen and oxygen atoms in total. The number of amides is 1. The van der Waals surface area contributed by atoms with Crippen LogP contribution in [0.15, 0.2) is 43.2 Å². The molecule has 37 heavy (non-hydrogen) atoms. The van der Waals surface area contributed by atoms with Crippen molar-refractivity contribution in [3.8, 4) is 11.3 Å². The maximum Gasteiger partial charge on any atom is 0.246 e. The van der Waals surface area contributed by atoms with Gasteiger partial charge in [0, 0.05) is 25.2 Å². The summed E-state index contributed by atoms with van der Waals surface area (Å²) in [6.07, 6.45) is 8.99. The summed E-state index contributed by atoms with van der Waals surface area (Å²) < 4.78 is 30.0.